The van der Waals surface area contributed by atoms with E-state index in [9.17, 15) is 0 Å². The Balaban J connectivity index is 0.00000134. The van der Waals surface area contributed by atoms with Crippen molar-refractivity contribution >= 4 is 11.5 Å². The predicted molar refractivity (Wildman–Crippen MR) is 108 cm³/mol. The molecule has 0 aliphatic carbocycles. The lowest BCUT2D eigenvalue weighted by atomic mass is 10.3. The van der Waals surface area contributed by atoms with E-state index in [1.54, 1.807) is 0 Å². The fourth-order valence-corrected chi connectivity index (χ4v) is 2.37. The molecule has 0 saturated carbocycles. The zero-order valence-corrected chi connectivity index (χ0v) is 17.0. The summed E-state index contributed by atoms with van der Waals surface area (Å²) in [5.41, 5.74) is 6.91. The molecular weight excluding hydrogens is 316 g/mol. The van der Waals surface area contributed by atoms with Gasteiger partial charge in [0.05, 0.1) is 13.2 Å². The third kappa shape index (κ3) is 9.51. The van der Waals surface area contributed by atoms with Crippen molar-refractivity contribution in [2.24, 2.45) is 0 Å². The van der Waals surface area contributed by atoms with Gasteiger partial charge in [0.2, 0.25) is 5.88 Å². The van der Waals surface area contributed by atoms with Gasteiger partial charge in [-0.2, -0.15) is 4.98 Å². The molecule has 1 fully saturated rings. The van der Waals surface area contributed by atoms with E-state index in [-0.39, 0.29) is 0 Å². The van der Waals surface area contributed by atoms with Gasteiger partial charge in [-0.05, 0) is 6.42 Å². The van der Waals surface area contributed by atoms with Crippen molar-refractivity contribution in [1.29, 1.82) is 0 Å². The molecule has 0 bridgehead atoms. The van der Waals surface area contributed by atoms with Gasteiger partial charge in [0.15, 0.2) is 0 Å². The number of pyridine rings is 1. The third-order valence-electron chi connectivity index (χ3n) is 3.57. The fraction of sp³-hybridized carbons (Fsp3) is 0.737. The second-order valence-corrected chi connectivity index (χ2v) is 5.31. The lowest BCUT2D eigenvalue weighted by Gasteiger charge is -2.26. The Morgan fingerprint density at radius 2 is 1.84 bits per heavy atom. The summed E-state index contributed by atoms with van der Waals surface area (Å²) in [4.78, 5) is 8.74. The minimum atomic E-state index is 0.497. The molecule has 146 valence electrons. The lowest BCUT2D eigenvalue weighted by molar-refractivity contribution is 0.0320. The van der Waals surface area contributed by atoms with Gasteiger partial charge < -0.3 is 20.1 Å². The quantitative estimate of drug-likeness (QED) is 0.811. The van der Waals surface area contributed by atoms with Gasteiger partial charge in [0.25, 0.3) is 0 Å². The minimum Gasteiger partial charge on any atom is -0.476 e. The maximum atomic E-state index is 5.86. The summed E-state index contributed by atoms with van der Waals surface area (Å²) in [6.07, 6.45) is 1.09. The molecule has 1 aliphatic heterocycles. The number of nitrogen functional groups attached to an aromatic ring is 1. The van der Waals surface area contributed by atoms with Crippen LogP contribution in [0.15, 0.2) is 12.1 Å². The molecule has 0 amide bonds. The molecular formula is C19H38N4O2. The zero-order valence-electron chi connectivity index (χ0n) is 17.0. The van der Waals surface area contributed by atoms with E-state index in [0.29, 0.717) is 18.3 Å². The van der Waals surface area contributed by atoms with Crippen LogP contribution in [0.5, 0.6) is 5.88 Å². The first kappa shape index (κ1) is 23.5. The average molecular weight is 355 g/mol. The van der Waals surface area contributed by atoms with Crippen LogP contribution < -0.4 is 15.4 Å². The van der Waals surface area contributed by atoms with Crippen LogP contribution in [0.2, 0.25) is 0 Å². The molecule has 0 radical (unpaired) electrons. The number of nitrogens with zero attached hydrogens (tertiary/aromatic N) is 3. The Kier molecular flexibility index (Phi) is 13.9. The van der Waals surface area contributed by atoms with Gasteiger partial charge in [-0.1, -0.05) is 34.6 Å². The average Bonchev–Trinajstić information content (AvgIpc) is 2.66. The molecule has 2 N–H and O–H groups in total. The van der Waals surface area contributed by atoms with Gasteiger partial charge >= 0.3 is 0 Å². The standard InChI is InChI=1S/C15H26N4O2.2C2H6/c1-3-4-18(2)13-11-14(16)17-15(12-13)21-10-7-19-5-8-20-9-6-19;2*1-2/h11-12H,3-10H2,1-2H3,(H2,16,17);2*1-2H3. The van der Waals surface area contributed by atoms with Crippen molar-refractivity contribution in [3.63, 3.8) is 0 Å². The molecule has 0 aromatic carbocycles. The van der Waals surface area contributed by atoms with E-state index in [1.165, 1.54) is 0 Å². The van der Waals surface area contributed by atoms with Crippen LogP contribution in [0.4, 0.5) is 11.5 Å². The second-order valence-electron chi connectivity index (χ2n) is 5.31. The highest BCUT2D eigenvalue weighted by Crippen LogP contribution is 2.21. The predicted octanol–water partition coefficient (Wildman–Crippen LogP) is 3.27. The largest absolute Gasteiger partial charge is 0.476 e. The van der Waals surface area contributed by atoms with E-state index in [4.69, 9.17) is 15.2 Å². The molecule has 6 heteroatoms. The van der Waals surface area contributed by atoms with Crippen molar-refractivity contribution in [1.82, 2.24) is 9.88 Å². The van der Waals surface area contributed by atoms with Crippen LogP contribution in [0, 0.1) is 0 Å². The summed E-state index contributed by atoms with van der Waals surface area (Å²) in [6.45, 7) is 16.2. The number of hydrogen-bond donors (Lipinski definition) is 1. The SMILES string of the molecule is CC.CC.CCCN(C)c1cc(N)nc(OCCN2CCOCC2)c1. The van der Waals surface area contributed by atoms with Crippen molar-refractivity contribution in [2.75, 3.05) is 63.7 Å². The number of nitrogens with two attached hydrogens (primary N) is 1. The minimum absolute atomic E-state index is 0.497. The summed E-state index contributed by atoms with van der Waals surface area (Å²) in [7, 11) is 2.05. The van der Waals surface area contributed by atoms with Crippen LogP contribution >= 0.6 is 0 Å². The molecule has 25 heavy (non-hydrogen) atoms. The van der Waals surface area contributed by atoms with Crippen molar-refractivity contribution in [2.45, 2.75) is 41.0 Å². The van der Waals surface area contributed by atoms with Crippen LogP contribution in [-0.2, 0) is 4.74 Å². The van der Waals surface area contributed by atoms with Crippen LogP contribution in [-0.4, -0.2) is 62.9 Å². The van der Waals surface area contributed by atoms with E-state index < -0.39 is 0 Å². The molecule has 1 aliphatic rings. The molecule has 2 heterocycles. The first-order valence-corrected chi connectivity index (χ1v) is 9.60. The molecule has 2 rings (SSSR count). The first-order chi connectivity index (χ1) is 12.2. The van der Waals surface area contributed by atoms with Gasteiger partial charge in [0.1, 0.15) is 12.4 Å². The maximum Gasteiger partial charge on any atom is 0.217 e. The first-order valence-electron chi connectivity index (χ1n) is 9.60. The van der Waals surface area contributed by atoms with E-state index in [1.807, 2.05) is 39.8 Å². The normalized spacial score (nSPS) is 13.8. The second kappa shape index (κ2) is 14.8. The highest BCUT2D eigenvalue weighted by molar-refractivity contribution is 5.54. The number of hydrogen-bond acceptors (Lipinski definition) is 6. The molecule has 1 aromatic rings. The van der Waals surface area contributed by atoms with Crippen LogP contribution in [0.25, 0.3) is 0 Å². The van der Waals surface area contributed by atoms with E-state index >= 15 is 0 Å². The van der Waals surface area contributed by atoms with Crippen LogP contribution in [0.3, 0.4) is 0 Å². The summed E-state index contributed by atoms with van der Waals surface area (Å²) < 4.78 is 11.1. The van der Waals surface area contributed by atoms with Gasteiger partial charge in [-0.15, -0.1) is 0 Å². The highest BCUT2D eigenvalue weighted by atomic mass is 16.5. The van der Waals surface area contributed by atoms with Gasteiger partial charge in [-0.3, -0.25) is 4.90 Å². The lowest BCUT2D eigenvalue weighted by Crippen LogP contribution is -2.38. The molecule has 0 atom stereocenters. The smallest absolute Gasteiger partial charge is 0.217 e. The molecule has 6 nitrogen and oxygen atoms in total. The monoisotopic (exact) mass is 354 g/mol. The topological polar surface area (TPSA) is 63.8 Å². The molecule has 1 saturated heterocycles. The Hall–Kier alpha value is -1.53. The Labute approximate surface area is 154 Å². The van der Waals surface area contributed by atoms with Gasteiger partial charge in [0, 0.05) is 51.0 Å². The summed E-state index contributed by atoms with van der Waals surface area (Å²) in [5.74, 6) is 1.10. The van der Waals surface area contributed by atoms with E-state index in [0.717, 1.165) is 51.5 Å². The third-order valence-corrected chi connectivity index (χ3v) is 3.57. The van der Waals surface area contributed by atoms with Crippen molar-refractivity contribution in [3.05, 3.63) is 12.1 Å². The van der Waals surface area contributed by atoms with Crippen molar-refractivity contribution < 1.29 is 9.47 Å². The van der Waals surface area contributed by atoms with E-state index in [2.05, 4.69) is 28.8 Å². The van der Waals surface area contributed by atoms with Gasteiger partial charge in [-0.25, -0.2) is 0 Å². The van der Waals surface area contributed by atoms with Crippen molar-refractivity contribution in [3.8, 4) is 5.88 Å². The number of aromatic nitrogens is 1. The molecule has 0 spiro atoms. The highest BCUT2D eigenvalue weighted by Gasteiger charge is 2.11. The zero-order chi connectivity index (χ0) is 19.1. The number of ether oxygens (including phenoxy) is 2. The fourth-order valence-electron chi connectivity index (χ4n) is 2.37. The molecule has 1 aromatic heterocycles. The van der Waals surface area contributed by atoms with Crippen LogP contribution in [0.1, 0.15) is 41.0 Å². The summed E-state index contributed by atoms with van der Waals surface area (Å²) >= 11 is 0. The number of anilines is 2. The Morgan fingerprint density at radius 1 is 1.20 bits per heavy atom. The maximum absolute atomic E-state index is 5.86. The summed E-state index contributed by atoms with van der Waals surface area (Å²) in [6, 6.07) is 3.83. The Bertz CT molecular complexity index is 437. The Morgan fingerprint density at radius 3 is 2.44 bits per heavy atom. The number of morpholine rings is 1. The summed E-state index contributed by atoms with van der Waals surface area (Å²) in [5, 5.41) is 0. The molecule has 0 unspecified atom stereocenters. The number of rotatable bonds is 7.